The van der Waals surface area contributed by atoms with Crippen LogP contribution in [0.1, 0.15) is 30.9 Å². The van der Waals surface area contributed by atoms with Gasteiger partial charge in [-0.3, -0.25) is 0 Å². The minimum atomic E-state index is -0.178. The van der Waals surface area contributed by atoms with Gasteiger partial charge in [0.05, 0.1) is 0 Å². The molecule has 0 aliphatic carbocycles. The van der Waals surface area contributed by atoms with Crippen LogP contribution in [0.5, 0.6) is 0 Å². The lowest BCUT2D eigenvalue weighted by atomic mass is 10.1. The lowest BCUT2D eigenvalue weighted by molar-refractivity contribution is 0.613. The van der Waals surface area contributed by atoms with Gasteiger partial charge in [-0.2, -0.15) is 0 Å². The zero-order valence-electron chi connectivity index (χ0n) is 9.89. The third-order valence-corrected chi connectivity index (χ3v) is 2.96. The Morgan fingerprint density at radius 2 is 2.19 bits per heavy atom. The summed E-state index contributed by atoms with van der Waals surface area (Å²) in [4.78, 5) is 0. The Morgan fingerprint density at radius 1 is 1.44 bits per heavy atom. The number of alkyl halides is 1. The number of nitrogens with one attached hydrogen (secondary N) is 1. The topological polar surface area (TPSA) is 12.0 Å². The Labute approximate surface area is 102 Å². The molecule has 0 saturated carbocycles. The fourth-order valence-corrected chi connectivity index (χ4v) is 1.96. The summed E-state index contributed by atoms with van der Waals surface area (Å²) in [6, 6.07) is 4.87. The van der Waals surface area contributed by atoms with Gasteiger partial charge < -0.3 is 5.32 Å². The minimum Gasteiger partial charge on any atom is -0.311 e. The van der Waals surface area contributed by atoms with Crippen molar-refractivity contribution in [1.29, 1.82) is 0 Å². The highest BCUT2D eigenvalue weighted by Gasteiger charge is 2.03. The van der Waals surface area contributed by atoms with Crippen LogP contribution in [0.2, 0.25) is 0 Å². The van der Waals surface area contributed by atoms with Gasteiger partial charge in [0, 0.05) is 18.5 Å². The average molecular weight is 244 g/mol. The fourth-order valence-electron chi connectivity index (χ4n) is 1.64. The highest BCUT2D eigenvalue weighted by atomic mass is 35.5. The molecule has 1 nitrogen and oxygen atoms in total. The summed E-state index contributed by atoms with van der Waals surface area (Å²) in [5, 5.41) is 3.48. The van der Waals surface area contributed by atoms with Crippen LogP contribution in [-0.4, -0.2) is 11.9 Å². The number of benzene rings is 1. The van der Waals surface area contributed by atoms with Gasteiger partial charge >= 0.3 is 0 Å². The number of aryl methyl sites for hydroxylation is 1. The van der Waals surface area contributed by atoms with E-state index in [1.165, 1.54) is 6.07 Å². The van der Waals surface area contributed by atoms with E-state index in [9.17, 15) is 4.39 Å². The first-order valence-electron chi connectivity index (χ1n) is 5.73. The molecule has 3 heteroatoms. The minimum absolute atomic E-state index is 0.178. The van der Waals surface area contributed by atoms with E-state index in [4.69, 9.17) is 11.6 Å². The summed E-state index contributed by atoms with van der Waals surface area (Å²) >= 11 is 6.09. The molecule has 1 aromatic carbocycles. The molecule has 0 amide bonds. The van der Waals surface area contributed by atoms with Crippen molar-refractivity contribution in [1.82, 2.24) is 5.32 Å². The SMILES string of the molecule is CCCC(Cl)CNCc1ccc(F)cc1C. The van der Waals surface area contributed by atoms with E-state index in [0.717, 1.165) is 37.1 Å². The van der Waals surface area contributed by atoms with Gasteiger partial charge in [0.1, 0.15) is 5.82 Å². The lowest BCUT2D eigenvalue weighted by Crippen LogP contribution is -2.23. The molecular weight excluding hydrogens is 225 g/mol. The first-order valence-corrected chi connectivity index (χ1v) is 6.17. The maximum Gasteiger partial charge on any atom is 0.123 e. The Balaban J connectivity index is 2.37. The van der Waals surface area contributed by atoms with Crippen LogP contribution >= 0.6 is 11.6 Å². The fraction of sp³-hybridized carbons (Fsp3) is 0.538. The highest BCUT2D eigenvalue weighted by molar-refractivity contribution is 6.20. The van der Waals surface area contributed by atoms with Crippen LogP contribution < -0.4 is 5.32 Å². The molecule has 0 aliphatic heterocycles. The Kier molecular flexibility index (Phi) is 5.78. The Morgan fingerprint density at radius 3 is 2.81 bits per heavy atom. The molecule has 1 atom stereocenters. The second-order valence-electron chi connectivity index (χ2n) is 4.09. The Bertz CT molecular complexity index is 328. The first-order chi connectivity index (χ1) is 7.63. The molecule has 1 rings (SSSR count). The second-order valence-corrected chi connectivity index (χ2v) is 4.70. The van der Waals surface area contributed by atoms with Crippen LogP contribution in [0.3, 0.4) is 0 Å². The second kappa shape index (κ2) is 6.87. The van der Waals surface area contributed by atoms with Gasteiger partial charge in [-0.25, -0.2) is 4.39 Å². The molecular formula is C13H19ClFN. The molecule has 1 unspecified atom stereocenters. The summed E-state index contributed by atoms with van der Waals surface area (Å²) in [5.74, 6) is -0.178. The largest absolute Gasteiger partial charge is 0.311 e. The molecule has 0 bridgehead atoms. The van der Waals surface area contributed by atoms with Crippen LogP contribution in [0.4, 0.5) is 4.39 Å². The van der Waals surface area contributed by atoms with E-state index in [1.54, 1.807) is 6.07 Å². The molecule has 0 aromatic heterocycles. The number of hydrogen-bond acceptors (Lipinski definition) is 1. The highest BCUT2D eigenvalue weighted by Crippen LogP contribution is 2.10. The van der Waals surface area contributed by atoms with Gasteiger partial charge in [0.15, 0.2) is 0 Å². The zero-order valence-corrected chi connectivity index (χ0v) is 10.6. The van der Waals surface area contributed by atoms with Gasteiger partial charge in [-0.1, -0.05) is 19.4 Å². The maximum absolute atomic E-state index is 12.9. The van der Waals surface area contributed by atoms with E-state index in [2.05, 4.69) is 12.2 Å². The van der Waals surface area contributed by atoms with Crippen molar-refractivity contribution >= 4 is 11.6 Å². The average Bonchev–Trinajstić information content (AvgIpc) is 2.22. The predicted molar refractivity (Wildman–Crippen MR) is 67.4 cm³/mol. The number of rotatable bonds is 6. The smallest absolute Gasteiger partial charge is 0.123 e. The van der Waals surface area contributed by atoms with Crippen molar-refractivity contribution in [3.8, 4) is 0 Å². The van der Waals surface area contributed by atoms with Crippen molar-refractivity contribution in [2.24, 2.45) is 0 Å². The van der Waals surface area contributed by atoms with Crippen molar-refractivity contribution in [2.75, 3.05) is 6.54 Å². The van der Waals surface area contributed by atoms with Crippen LogP contribution in [0, 0.1) is 12.7 Å². The molecule has 16 heavy (non-hydrogen) atoms. The van der Waals surface area contributed by atoms with Gasteiger partial charge in [0.25, 0.3) is 0 Å². The van der Waals surface area contributed by atoms with E-state index in [-0.39, 0.29) is 11.2 Å². The van der Waals surface area contributed by atoms with Crippen molar-refractivity contribution in [3.05, 3.63) is 35.1 Å². The Hall–Kier alpha value is -0.600. The van der Waals surface area contributed by atoms with E-state index >= 15 is 0 Å². The quantitative estimate of drug-likeness (QED) is 0.753. The van der Waals surface area contributed by atoms with Crippen molar-refractivity contribution in [2.45, 2.75) is 38.6 Å². The molecule has 0 radical (unpaired) electrons. The van der Waals surface area contributed by atoms with Gasteiger partial charge in [0.2, 0.25) is 0 Å². The zero-order chi connectivity index (χ0) is 12.0. The summed E-state index contributed by atoms with van der Waals surface area (Å²) in [6.45, 7) is 5.59. The molecule has 1 N–H and O–H groups in total. The van der Waals surface area contributed by atoms with Crippen LogP contribution in [0.25, 0.3) is 0 Å². The molecule has 0 aliphatic rings. The van der Waals surface area contributed by atoms with Gasteiger partial charge in [-0.05, 0) is 36.6 Å². The van der Waals surface area contributed by atoms with Crippen molar-refractivity contribution in [3.63, 3.8) is 0 Å². The maximum atomic E-state index is 12.9. The van der Waals surface area contributed by atoms with E-state index in [1.807, 2.05) is 13.0 Å². The first kappa shape index (κ1) is 13.5. The summed E-state index contributed by atoms with van der Waals surface area (Å²) in [5.41, 5.74) is 2.11. The normalized spacial score (nSPS) is 12.8. The van der Waals surface area contributed by atoms with E-state index in [0.29, 0.717) is 0 Å². The standard InChI is InChI=1S/C13H19ClFN/c1-3-4-12(14)9-16-8-11-5-6-13(15)7-10(11)2/h5-7,12,16H,3-4,8-9H2,1-2H3. The van der Waals surface area contributed by atoms with Gasteiger partial charge in [-0.15, -0.1) is 11.6 Å². The summed E-state index contributed by atoms with van der Waals surface area (Å²) in [6.07, 6.45) is 2.13. The third-order valence-electron chi connectivity index (χ3n) is 2.59. The molecule has 1 aromatic rings. The molecule has 0 spiro atoms. The molecule has 0 saturated heterocycles. The van der Waals surface area contributed by atoms with Crippen LogP contribution in [0.15, 0.2) is 18.2 Å². The molecule has 0 fully saturated rings. The molecule has 90 valence electrons. The number of hydrogen-bond donors (Lipinski definition) is 1. The van der Waals surface area contributed by atoms with Crippen molar-refractivity contribution < 1.29 is 4.39 Å². The summed E-state index contributed by atoms with van der Waals surface area (Å²) < 4.78 is 12.9. The molecule has 0 heterocycles. The lowest BCUT2D eigenvalue weighted by Gasteiger charge is -2.11. The number of halogens is 2. The summed E-state index contributed by atoms with van der Waals surface area (Å²) in [7, 11) is 0. The van der Waals surface area contributed by atoms with Crippen LogP contribution in [-0.2, 0) is 6.54 Å². The monoisotopic (exact) mass is 243 g/mol. The third kappa shape index (κ3) is 4.50. The predicted octanol–water partition coefficient (Wildman–Crippen LogP) is 3.63. The van der Waals surface area contributed by atoms with E-state index < -0.39 is 0 Å².